The minimum atomic E-state index is -0.221. The zero-order chi connectivity index (χ0) is 14.3. The fourth-order valence-corrected chi connectivity index (χ4v) is 3.47. The topological polar surface area (TPSA) is 29.9 Å². The molecule has 1 saturated heterocycles. The summed E-state index contributed by atoms with van der Waals surface area (Å²) in [5.74, 6) is 1.29. The zero-order valence-electron chi connectivity index (χ0n) is 12.4. The standard InChI is InChI=1S/C16H22FN3/c1-4-20-13-7-5-6-12(17)14(13)19-15(20)16(11(2)3)8-9-18-10-16/h5-7,11,18H,4,8-10H2,1-3H3. The number of nitrogens with zero attached hydrogens (tertiary/aromatic N) is 2. The van der Waals surface area contributed by atoms with Gasteiger partial charge in [0.25, 0.3) is 0 Å². The summed E-state index contributed by atoms with van der Waals surface area (Å²) in [6.07, 6.45) is 1.07. The first-order valence-electron chi connectivity index (χ1n) is 7.46. The highest BCUT2D eigenvalue weighted by molar-refractivity contribution is 5.77. The Kier molecular flexibility index (Phi) is 3.28. The van der Waals surface area contributed by atoms with Crippen molar-refractivity contribution in [3.63, 3.8) is 0 Å². The van der Waals surface area contributed by atoms with Gasteiger partial charge in [-0.3, -0.25) is 0 Å². The predicted octanol–water partition coefficient (Wildman–Crippen LogP) is 3.08. The largest absolute Gasteiger partial charge is 0.328 e. The number of aryl methyl sites for hydroxylation is 1. The lowest BCUT2D eigenvalue weighted by atomic mass is 9.75. The van der Waals surface area contributed by atoms with Crippen molar-refractivity contribution in [1.82, 2.24) is 14.9 Å². The van der Waals surface area contributed by atoms with Gasteiger partial charge in [-0.1, -0.05) is 19.9 Å². The van der Waals surface area contributed by atoms with Crippen molar-refractivity contribution in [1.29, 1.82) is 0 Å². The van der Waals surface area contributed by atoms with Crippen molar-refractivity contribution < 1.29 is 4.39 Å². The molecule has 20 heavy (non-hydrogen) atoms. The van der Waals surface area contributed by atoms with E-state index >= 15 is 0 Å². The van der Waals surface area contributed by atoms with E-state index in [9.17, 15) is 4.39 Å². The predicted molar refractivity (Wildman–Crippen MR) is 79.4 cm³/mol. The van der Waals surface area contributed by atoms with Crippen LogP contribution < -0.4 is 5.32 Å². The molecule has 3 rings (SSSR count). The van der Waals surface area contributed by atoms with Gasteiger partial charge in [0.15, 0.2) is 5.82 Å². The quantitative estimate of drug-likeness (QED) is 0.933. The van der Waals surface area contributed by atoms with Gasteiger partial charge >= 0.3 is 0 Å². The molecule has 0 amide bonds. The van der Waals surface area contributed by atoms with E-state index in [0.29, 0.717) is 11.4 Å². The first-order valence-corrected chi connectivity index (χ1v) is 7.46. The van der Waals surface area contributed by atoms with Crippen molar-refractivity contribution in [3.8, 4) is 0 Å². The summed E-state index contributed by atoms with van der Waals surface area (Å²) in [6.45, 7) is 9.34. The Hall–Kier alpha value is -1.42. The van der Waals surface area contributed by atoms with Gasteiger partial charge in [0.05, 0.1) is 5.52 Å². The maximum Gasteiger partial charge on any atom is 0.151 e. The van der Waals surface area contributed by atoms with Gasteiger partial charge in [0.2, 0.25) is 0 Å². The summed E-state index contributed by atoms with van der Waals surface area (Å²) in [6, 6.07) is 5.23. The summed E-state index contributed by atoms with van der Waals surface area (Å²) >= 11 is 0. The van der Waals surface area contributed by atoms with Crippen LogP contribution >= 0.6 is 0 Å². The highest BCUT2D eigenvalue weighted by Gasteiger charge is 2.42. The first-order chi connectivity index (χ1) is 9.60. The molecule has 0 radical (unpaired) electrons. The molecule has 108 valence electrons. The molecular formula is C16H22FN3. The number of nitrogens with one attached hydrogen (secondary N) is 1. The van der Waals surface area contributed by atoms with E-state index in [0.717, 1.165) is 37.4 Å². The van der Waals surface area contributed by atoms with Crippen molar-refractivity contribution >= 4 is 11.0 Å². The van der Waals surface area contributed by atoms with Crippen LogP contribution in [0.4, 0.5) is 4.39 Å². The molecule has 1 N–H and O–H groups in total. The Morgan fingerprint density at radius 3 is 2.85 bits per heavy atom. The molecule has 1 atom stereocenters. The first kappa shape index (κ1) is 13.6. The summed E-state index contributed by atoms with van der Waals surface area (Å²) in [5, 5.41) is 3.46. The summed E-state index contributed by atoms with van der Waals surface area (Å²) in [7, 11) is 0. The highest BCUT2D eigenvalue weighted by Crippen LogP contribution is 2.39. The third-order valence-corrected chi connectivity index (χ3v) is 4.78. The molecule has 0 saturated carbocycles. The Morgan fingerprint density at radius 2 is 2.25 bits per heavy atom. The lowest BCUT2D eigenvalue weighted by Crippen LogP contribution is -2.37. The lowest BCUT2D eigenvalue weighted by Gasteiger charge is -2.32. The van der Waals surface area contributed by atoms with E-state index in [1.807, 2.05) is 6.07 Å². The summed E-state index contributed by atoms with van der Waals surface area (Å²) < 4.78 is 16.2. The van der Waals surface area contributed by atoms with Crippen LogP contribution in [0.15, 0.2) is 18.2 Å². The number of hydrogen-bond donors (Lipinski definition) is 1. The van der Waals surface area contributed by atoms with Crippen molar-refractivity contribution in [3.05, 3.63) is 29.8 Å². The van der Waals surface area contributed by atoms with Crippen LogP contribution in [-0.4, -0.2) is 22.6 Å². The van der Waals surface area contributed by atoms with Crippen LogP contribution in [-0.2, 0) is 12.0 Å². The van der Waals surface area contributed by atoms with E-state index in [1.54, 1.807) is 6.07 Å². The molecule has 1 aromatic carbocycles. The van der Waals surface area contributed by atoms with Gasteiger partial charge in [0.1, 0.15) is 11.3 Å². The number of benzene rings is 1. The normalized spacial score (nSPS) is 23.1. The molecule has 2 heterocycles. The third-order valence-electron chi connectivity index (χ3n) is 4.78. The molecular weight excluding hydrogens is 253 g/mol. The molecule has 1 fully saturated rings. The molecule has 1 unspecified atom stereocenters. The van der Waals surface area contributed by atoms with Gasteiger partial charge in [-0.2, -0.15) is 0 Å². The number of rotatable bonds is 3. The fraction of sp³-hybridized carbons (Fsp3) is 0.562. The second kappa shape index (κ2) is 4.85. The average Bonchev–Trinajstić information content (AvgIpc) is 3.04. The summed E-state index contributed by atoms with van der Waals surface area (Å²) in [4.78, 5) is 4.71. The second-order valence-corrected chi connectivity index (χ2v) is 6.02. The Bertz CT molecular complexity index is 624. The number of para-hydroxylation sites is 1. The molecule has 0 spiro atoms. The second-order valence-electron chi connectivity index (χ2n) is 6.02. The molecule has 4 heteroatoms. The van der Waals surface area contributed by atoms with Crippen LogP contribution in [0.2, 0.25) is 0 Å². The maximum absolute atomic E-state index is 14.0. The molecule has 0 bridgehead atoms. The number of aromatic nitrogens is 2. The maximum atomic E-state index is 14.0. The Morgan fingerprint density at radius 1 is 1.45 bits per heavy atom. The van der Waals surface area contributed by atoms with Crippen molar-refractivity contribution in [2.75, 3.05) is 13.1 Å². The third kappa shape index (κ3) is 1.78. The molecule has 1 aliphatic rings. The van der Waals surface area contributed by atoms with Gasteiger partial charge in [-0.25, -0.2) is 9.37 Å². The molecule has 3 nitrogen and oxygen atoms in total. The summed E-state index contributed by atoms with van der Waals surface area (Å²) in [5.41, 5.74) is 1.44. The van der Waals surface area contributed by atoms with Crippen LogP contribution in [0.5, 0.6) is 0 Å². The van der Waals surface area contributed by atoms with Crippen LogP contribution in [0, 0.1) is 11.7 Å². The van der Waals surface area contributed by atoms with Gasteiger partial charge in [0, 0.05) is 18.5 Å². The highest BCUT2D eigenvalue weighted by atomic mass is 19.1. The van der Waals surface area contributed by atoms with E-state index < -0.39 is 0 Å². The number of hydrogen-bond acceptors (Lipinski definition) is 2. The molecule has 1 aromatic heterocycles. The SMILES string of the molecule is CCn1c(C2(C(C)C)CCNC2)nc2c(F)cccc21. The Labute approximate surface area is 119 Å². The van der Waals surface area contributed by atoms with E-state index in [-0.39, 0.29) is 11.2 Å². The fourth-order valence-electron chi connectivity index (χ4n) is 3.47. The van der Waals surface area contributed by atoms with Crippen molar-refractivity contribution in [2.24, 2.45) is 5.92 Å². The van der Waals surface area contributed by atoms with Crippen molar-refractivity contribution in [2.45, 2.75) is 39.2 Å². The minimum Gasteiger partial charge on any atom is -0.328 e. The van der Waals surface area contributed by atoms with Crippen LogP contribution in [0.3, 0.4) is 0 Å². The number of halogens is 1. The number of fused-ring (bicyclic) bond motifs is 1. The van der Waals surface area contributed by atoms with E-state index in [2.05, 4.69) is 30.7 Å². The lowest BCUT2D eigenvalue weighted by molar-refractivity contribution is 0.308. The molecule has 0 aliphatic carbocycles. The minimum absolute atomic E-state index is 0.0153. The van der Waals surface area contributed by atoms with Gasteiger partial charge in [-0.15, -0.1) is 0 Å². The molecule has 1 aliphatic heterocycles. The Balaban J connectivity index is 2.27. The van der Waals surface area contributed by atoms with E-state index in [4.69, 9.17) is 4.98 Å². The number of imidazole rings is 1. The van der Waals surface area contributed by atoms with Gasteiger partial charge < -0.3 is 9.88 Å². The van der Waals surface area contributed by atoms with Crippen LogP contribution in [0.1, 0.15) is 33.0 Å². The van der Waals surface area contributed by atoms with Gasteiger partial charge in [-0.05, 0) is 37.9 Å². The monoisotopic (exact) mass is 275 g/mol. The smallest absolute Gasteiger partial charge is 0.151 e. The van der Waals surface area contributed by atoms with E-state index in [1.165, 1.54) is 6.07 Å². The van der Waals surface area contributed by atoms with Crippen LogP contribution in [0.25, 0.3) is 11.0 Å². The molecule has 2 aromatic rings. The zero-order valence-corrected chi connectivity index (χ0v) is 12.4. The average molecular weight is 275 g/mol.